The Labute approximate surface area is 144 Å². The van der Waals surface area contributed by atoms with Gasteiger partial charge in [0.05, 0.1) is 11.6 Å². The summed E-state index contributed by atoms with van der Waals surface area (Å²) in [6, 6.07) is 13.3. The van der Waals surface area contributed by atoms with E-state index in [-0.39, 0.29) is 11.5 Å². The molecule has 1 amide bonds. The van der Waals surface area contributed by atoms with Crippen LogP contribution in [0.5, 0.6) is 0 Å². The van der Waals surface area contributed by atoms with Crippen LogP contribution in [0.3, 0.4) is 0 Å². The Kier molecular flexibility index (Phi) is 3.72. The second kappa shape index (κ2) is 6.05. The zero-order chi connectivity index (χ0) is 17.4. The normalized spacial score (nSPS) is 14.3. The van der Waals surface area contributed by atoms with Crippen LogP contribution in [-0.2, 0) is 6.54 Å². The highest BCUT2D eigenvalue weighted by molar-refractivity contribution is 5.98. The number of carbonyl (C=O) groups excluding carboxylic acids is 1. The van der Waals surface area contributed by atoms with Crippen LogP contribution in [0.15, 0.2) is 53.5 Å². The Bertz CT molecular complexity index is 1010. The number of aromatic nitrogens is 2. The molecule has 2 heterocycles. The molecular weight excluding hydrogens is 316 g/mol. The number of anilines is 1. The number of benzene rings is 2. The molecule has 4 rings (SSSR count). The maximum atomic E-state index is 13.0. The molecule has 6 nitrogen and oxygen atoms in total. The van der Waals surface area contributed by atoms with E-state index in [1.165, 1.54) is 0 Å². The van der Waals surface area contributed by atoms with E-state index in [0.29, 0.717) is 24.0 Å². The monoisotopic (exact) mass is 334 g/mol. The summed E-state index contributed by atoms with van der Waals surface area (Å²) < 4.78 is 0. The Morgan fingerprint density at radius 1 is 1.16 bits per heavy atom. The first-order valence-electron chi connectivity index (χ1n) is 8.19. The molecule has 3 aromatic rings. The van der Waals surface area contributed by atoms with Crippen molar-refractivity contribution in [2.75, 3.05) is 25.0 Å². The predicted molar refractivity (Wildman–Crippen MR) is 96.8 cm³/mol. The first-order valence-corrected chi connectivity index (χ1v) is 8.19. The molecular formula is C19H18N4O2. The molecule has 6 heteroatoms. The Morgan fingerprint density at radius 3 is 2.88 bits per heavy atom. The van der Waals surface area contributed by atoms with Gasteiger partial charge in [-0.15, -0.1) is 0 Å². The predicted octanol–water partition coefficient (Wildman–Crippen LogP) is 2.02. The summed E-state index contributed by atoms with van der Waals surface area (Å²) in [5.41, 5.74) is 2.51. The molecule has 1 aliphatic heterocycles. The van der Waals surface area contributed by atoms with Gasteiger partial charge >= 0.3 is 0 Å². The first-order chi connectivity index (χ1) is 12.1. The van der Waals surface area contributed by atoms with Crippen LogP contribution in [0.4, 0.5) is 5.69 Å². The number of carbonyl (C=O) groups is 1. The van der Waals surface area contributed by atoms with Gasteiger partial charge in [0.2, 0.25) is 0 Å². The number of rotatable bonds is 1. The lowest BCUT2D eigenvalue weighted by Crippen LogP contribution is -2.34. The van der Waals surface area contributed by atoms with Crippen LogP contribution < -0.4 is 10.5 Å². The fraction of sp³-hybridized carbons (Fsp3) is 0.211. The van der Waals surface area contributed by atoms with E-state index >= 15 is 0 Å². The summed E-state index contributed by atoms with van der Waals surface area (Å²) in [7, 11) is 2.04. The van der Waals surface area contributed by atoms with E-state index in [4.69, 9.17) is 0 Å². The molecule has 126 valence electrons. The standard InChI is InChI=1S/C19H18N4O2/c1-22-8-9-23(12-15-4-2-3-5-17(15)22)19(25)13-6-7-14-11-20-21-18(24)16(14)10-13/h2-7,10-11H,8-9,12H2,1H3,(H,21,24). The number of H-pyrrole nitrogens is 1. The molecule has 0 spiro atoms. The summed E-state index contributed by atoms with van der Waals surface area (Å²) in [5, 5.41) is 7.40. The van der Waals surface area contributed by atoms with E-state index in [1.807, 2.05) is 30.1 Å². The van der Waals surface area contributed by atoms with Crippen molar-refractivity contribution in [2.24, 2.45) is 0 Å². The molecule has 1 aliphatic rings. The molecule has 0 atom stereocenters. The summed E-state index contributed by atoms with van der Waals surface area (Å²) in [4.78, 5) is 28.9. The van der Waals surface area contributed by atoms with E-state index in [1.54, 1.807) is 24.4 Å². The topological polar surface area (TPSA) is 69.3 Å². The fourth-order valence-corrected chi connectivity index (χ4v) is 3.27. The molecule has 1 aromatic heterocycles. The van der Waals surface area contributed by atoms with Crippen molar-refractivity contribution in [1.29, 1.82) is 0 Å². The van der Waals surface area contributed by atoms with Gasteiger partial charge in [-0.3, -0.25) is 9.59 Å². The molecule has 25 heavy (non-hydrogen) atoms. The van der Waals surface area contributed by atoms with Crippen LogP contribution in [0.1, 0.15) is 15.9 Å². The van der Waals surface area contributed by atoms with Crippen molar-refractivity contribution in [2.45, 2.75) is 6.54 Å². The Morgan fingerprint density at radius 2 is 2.00 bits per heavy atom. The maximum absolute atomic E-state index is 13.0. The molecule has 1 N–H and O–H groups in total. The van der Waals surface area contributed by atoms with Crippen LogP contribution in [-0.4, -0.2) is 41.1 Å². The highest BCUT2D eigenvalue weighted by Crippen LogP contribution is 2.24. The van der Waals surface area contributed by atoms with E-state index in [2.05, 4.69) is 21.2 Å². The van der Waals surface area contributed by atoms with Gasteiger partial charge in [0.25, 0.3) is 11.5 Å². The summed E-state index contributed by atoms with van der Waals surface area (Å²) in [6.45, 7) is 1.96. The largest absolute Gasteiger partial charge is 0.373 e. The van der Waals surface area contributed by atoms with Crippen molar-refractivity contribution in [3.8, 4) is 0 Å². The van der Waals surface area contributed by atoms with Crippen molar-refractivity contribution in [1.82, 2.24) is 15.1 Å². The smallest absolute Gasteiger partial charge is 0.272 e. The highest BCUT2D eigenvalue weighted by Gasteiger charge is 2.22. The van der Waals surface area contributed by atoms with Crippen LogP contribution in [0.2, 0.25) is 0 Å². The molecule has 0 unspecified atom stereocenters. The van der Waals surface area contributed by atoms with E-state index in [9.17, 15) is 9.59 Å². The first kappa shape index (κ1) is 15.4. The van der Waals surface area contributed by atoms with Gasteiger partial charge < -0.3 is 9.80 Å². The lowest BCUT2D eigenvalue weighted by molar-refractivity contribution is 0.0752. The maximum Gasteiger partial charge on any atom is 0.272 e. The van der Waals surface area contributed by atoms with Crippen molar-refractivity contribution < 1.29 is 4.79 Å². The number of aromatic amines is 1. The summed E-state index contributed by atoms with van der Waals surface area (Å²) in [6.07, 6.45) is 1.59. The minimum atomic E-state index is -0.284. The third-order valence-corrected chi connectivity index (χ3v) is 4.67. The zero-order valence-electron chi connectivity index (χ0n) is 13.9. The van der Waals surface area contributed by atoms with Gasteiger partial charge in [-0.05, 0) is 23.8 Å². The van der Waals surface area contributed by atoms with E-state index < -0.39 is 0 Å². The molecule has 0 radical (unpaired) electrons. The number of nitrogens with one attached hydrogen (secondary N) is 1. The minimum absolute atomic E-state index is 0.0665. The fourth-order valence-electron chi connectivity index (χ4n) is 3.27. The number of likely N-dealkylation sites (N-methyl/N-ethyl adjacent to an activating group) is 1. The molecule has 0 aliphatic carbocycles. The van der Waals surface area contributed by atoms with Gasteiger partial charge in [-0.25, -0.2) is 5.10 Å². The number of nitrogens with zero attached hydrogens (tertiary/aromatic N) is 3. The molecule has 2 aromatic carbocycles. The minimum Gasteiger partial charge on any atom is -0.373 e. The number of fused-ring (bicyclic) bond motifs is 2. The number of hydrogen-bond donors (Lipinski definition) is 1. The summed E-state index contributed by atoms with van der Waals surface area (Å²) >= 11 is 0. The number of para-hydroxylation sites is 1. The third-order valence-electron chi connectivity index (χ3n) is 4.67. The second-order valence-corrected chi connectivity index (χ2v) is 6.28. The van der Waals surface area contributed by atoms with Crippen LogP contribution in [0.25, 0.3) is 10.8 Å². The molecule has 0 bridgehead atoms. The van der Waals surface area contributed by atoms with Gasteiger partial charge in [0.1, 0.15) is 0 Å². The molecule has 0 saturated carbocycles. The van der Waals surface area contributed by atoms with Gasteiger partial charge in [-0.2, -0.15) is 5.10 Å². The quantitative estimate of drug-likeness (QED) is 0.739. The van der Waals surface area contributed by atoms with Gasteiger partial charge in [0.15, 0.2) is 0 Å². The van der Waals surface area contributed by atoms with Crippen molar-refractivity contribution in [3.05, 3.63) is 70.1 Å². The Hall–Kier alpha value is -3.15. The SMILES string of the molecule is CN1CCN(C(=O)c2ccc3cn[nH]c(=O)c3c2)Cc2ccccc21. The molecule has 0 saturated heterocycles. The third kappa shape index (κ3) is 2.76. The van der Waals surface area contributed by atoms with Crippen LogP contribution in [0, 0.1) is 0 Å². The van der Waals surface area contributed by atoms with Crippen LogP contribution >= 0.6 is 0 Å². The highest BCUT2D eigenvalue weighted by atomic mass is 16.2. The number of amides is 1. The lowest BCUT2D eigenvalue weighted by atomic mass is 10.1. The van der Waals surface area contributed by atoms with E-state index in [0.717, 1.165) is 23.2 Å². The molecule has 0 fully saturated rings. The lowest BCUT2D eigenvalue weighted by Gasteiger charge is -2.21. The van der Waals surface area contributed by atoms with Gasteiger partial charge in [-0.1, -0.05) is 24.3 Å². The summed E-state index contributed by atoms with van der Waals surface area (Å²) in [5.74, 6) is -0.0665. The average molecular weight is 334 g/mol. The second-order valence-electron chi connectivity index (χ2n) is 6.28. The Balaban J connectivity index is 1.69. The number of hydrogen-bond acceptors (Lipinski definition) is 4. The van der Waals surface area contributed by atoms with Gasteiger partial charge in [0, 0.05) is 43.3 Å². The average Bonchev–Trinajstić information content (AvgIpc) is 2.81. The van der Waals surface area contributed by atoms with Crippen molar-refractivity contribution in [3.63, 3.8) is 0 Å². The zero-order valence-corrected chi connectivity index (χ0v) is 13.9. The van der Waals surface area contributed by atoms with Crippen molar-refractivity contribution >= 4 is 22.4 Å².